The minimum Gasteiger partial charge on any atom is -0.333 e. The number of carbonyl (C=O) groups excluding carboxylic acids is 2. The van der Waals surface area contributed by atoms with E-state index in [4.69, 9.17) is 0 Å². The zero-order valence-corrected chi connectivity index (χ0v) is 21.5. The van der Waals surface area contributed by atoms with Gasteiger partial charge < -0.3 is 10.2 Å². The van der Waals surface area contributed by atoms with Gasteiger partial charge in [-0.25, -0.2) is 9.07 Å². The topological polar surface area (TPSA) is 67.2 Å². The van der Waals surface area contributed by atoms with E-state index in [1.54, 1.807) is 27.8 Å². The van der Waals surface area contributed by atoms with Crippen molar-refractivity contribution in [3.8, 4) is 16.9 Å². The average Bonchev–Trinajstić information content (AvgIpc) is 3.62. The van der Waals surface area contributed by atoms with Crippen LogP contribution < -0.4 is 5.32 Å². The van der Waals surface area contributed by atoms with Gasteiger partial charge in [0.1, 0.15) is 11.6 Å². The van der Waals surface area contributed by atoms with Gasteiger partial charge in [-0.15, -0.1) is 0 Å². The van der Waals surface area contributed by atoms with Gasteiger partial charge in [0.15, 0.2) is 0 Å². The Hall–Kier alpha value is -4.26. The van der Waals surface area contributed by atoms with Gasteiger partial charge in [-0.05, 0) is 48.1 Å². The maximum absolute atomic E-state index is 13.6. The van der Waals surface area contributed by atoms with Crippen LogP contribution in [-0.4, -0.2) is 39.6 Å². The zero-order valence-electron chi connectivity index (χ0n) is 21.5. The molecular weight excluding hydrogens is 479 g/mol. The second kappa shape index (κ2) is 11.0. The minimum absolute atomic E-state index is 0.0136. The first-order valence-electron chi connectivity index (χ1n) is 12.9. The lowest BCUT2D eigenvalue weighted by Crippen LogP contribution is -2.41. The van der Waals surface area contributed by atoms with Crippen LogP contribution in [0.3, 0.4) is 0 Å². The minimum atomic E-state index is -0.355. The number of amides is 2. The Morgan fingerprint density at radius 1 is 1.00 bits per heavy atom. The second-order valence-electron chi connectivity index (χ2n) is 10.2. The van der Waals surface area contributed by atoms with Gasteiger partial charge in [0.05, 0.1) is 17.9 Å². The van der Waals surface area contributed by atoms with Crippen molar-refractivity contribution in [3.05, 3.63) is 102 Å². The van der Waals surface area contributed by atoms with Crippen molar-refractivity contribution in [1.29, 1.82) is 0 Å². The molecule has 7 heteroatoms. The standard InChI is InChI=1S/C31H31FN4O2/c1-21(2)19-35(31(38)27-17-26(27)22-9-5-3-6-10-22)20-30(37)33-29-18-28(23-11-7-4-8-12-23)34-36(29)25-15-13-24(32)14-16-25/h3-16,18,21,26-27H,17,19-20H2,1-2H3,(H,33,37)/t26-,27-/m1/s1. The quantitative estimate of drug-likeness (QED) is 0.305. The molecule has 1 saturated carbocycles. The summed E-state index contributed by atoms with van der Waals surface area (Å²) in [5.74, 6) is 0.124. The Morgan fingerprint density at radius 3 is 2.32 bits per heavy atom. The lowest BCUT2D eigenvalue weighted by atomic mass is 10.1. The van der Waals surface area contributed by atoms with E-state index in [0.29, 0.717) is 23.7 Å². The Morgan fingerprint density at radius 2 is 1.66 bits per heavy atom. The molecule has 0 aliphatic heterocycles. The number of nitrogens with one attached hydrogen (secondary N) is 1. The van der Waals surface area contributed by atoms with E-state index in [2.05, 4.69) is 22.5 Å². The number of hydrogen-bond acceptors (Lipinski definition) is 3. The molecule has 38 heavy (non-hydrogen) atoms. The lowest BCUT2D eigenvalue weighted by molar-refractivity contribution is -0.136. The van der Waals surface area contributed by atoms with E-state index >= 15 is 0 Å². The number of anilines is 1. The summed E-state index contributed by atoms with van der Waals surface area (Å²) >= 11 is 0. The smallest absolute Gasteiger partial charge is 0.245 e. The Labute approximate surface area is 222 Å². The lowest BCUT2D eigenvalue weighted by Gasteiger charge is -2.24. The Kier molecular flexibility index (Phi) is 7.36. The van der Waals surface area contributed by atoms with E-state index in [1.807, 2.05) is 62.4 Å². The third kappa shape index (κ3) is 5.83. The Balaban J connectivity index is 1.35. The van der Waals surface area contributed by atoms with Gasteiger partial charge in [-0.2, -0.15) is 5.10 Å². The van der Waals surface area contributed by atoms with Crippen LogP contribution in [-0.2, 0) is 9.59 Å². The van der Waals surface area contributed by atoms with Crippen molar-refractivity contribution in [2.45, 2.75) is 26.2 Å². The summed E-state index contributed by atoms with van der Waals surface area (Å²) in [4.78, 5) is 28.4. The van der Waals surface area contributed by atoms with Crippen molar-refractivity contribution in [3.63, 3.8) is 0 Å². The third-order valence-corrected chi connectivity index (χ3v) is 6.68. The molecule has 4 aromatic rings. The molecule has 2 amide bonds. The number of aromatic nitrogens is 2. The fourth-order valence-electron chi connectivity index (χ4n) is 4.80. The van der Waals surface area contributed by atoms with E-state index in [1.165, 1.54) is 12.1 Å². The first-order valence-corrected chi connectivity index (χ1v) is 12.9. The number of rotatable bonds is 9. The summed E-state index contributed by atoms with van der Waals surface area (Å²) in [5.41, 5.74) is 3.34. The number of halogens is 1. The molecule has 1 aliphatic carbocycles. The number of hydrogen-bond donors (Lipinski definition) is 1. The number of carbonyl (C=O) groups is 2. The fraction of sp³-hybridized carbons (Fsp3) is 0.258. The first-order chi connectivity index (χ1) is 18.4. The SMILES string of the molecule is CC(C)CN(CC(=O)Nc1cc(-c2ccccc2)nn1-c1ccc(F)cc1)C(=O)[C@@H]1C[C@@H]1c1ccccc1. The fourth-order valence-corrected chi connectivity index (χ4v) is 4.80. The van der Waals surface area contributed by atoms with Gasteiger partial charge in [-0.3, -0.25) is 9.59 Å². The van der Waals surface area contributed by atoms with Crippen LogP contribution in [0.2, 0.25) is 0 Å². The summed E-state index contributed by atoms with van der Waals surface area (Å²) < 4.78 is 15.2. The molecule has 1 N–H and O–H groups in total. The van der Waals surface area contributed by atoms with Gasteiger partial charge >= 0.3 is 0 Å². The van der Waals surface area contributed by atoms with Crippen molar-refractivity contribution in [2.75, 3.05) is 18.4 Å². The highest BCUT2D eigenvalue weighted by Crippen LogP contribution is 2.48. The third-order valence-electron chi connectivity index (χ3n) is 6.68. The van der Waals surface area contributed by atoms with Crippen LogP contribution in [0.25, 0.3) is 16.9 Å². The molecule has 6 nitrogen and oxygen atoms in total. The van der Waals surface area contributed by atoms with Crippen LogP contribution in [0.4, 0.5) is 10.2 Å². The van der Waals surface area contributed by atoms with Gasteiger partial charge in [-0.1, -0.05) is 74.5 Å². The zero-order chi connectivity index (χ0) is 26.6. The Bertz CT molecular complexity index is 1400. The van der Waals surface area contributed by atoms with Crippen LogP contribution >= 0.6 is 0 Å². The first kappa shape index (κ1) is 25.4. The molecule has 1 aliphatic rings. The number of benzene rings is 3. The summed E-state index contributed by atoms with van der Waals surface area (Å²) in [7, 11) is 0. The molecule has 0 bridgehead atoms. The van der Waals surface area contributed by atoms with Crippen molar-refractivity contribution in [2.24, 2.45) is 11.8 Å². The maximum Gasteiger partial charge on any atom is 0.245 e. The van der Waals surface area contributed by atoms with Crippen LogP contribution in [0.1, 0.15) is 31.7 Å². The van der Waals surface area contributed by atoms with Gasteiger partial charge in [0.25, 0.3) is 0 Å². The summed E-state index contributed by atoms with van der Waals surface area (Å²) in [6.07, 6.45) is 0.802. The highest BCUT2D eigenvalue weighted by atomic mass is 19.1. The number of nitrogens with zero attached hydrogens (tertiary/aromatic N) is 3. The molecule has 5 rings (SSSR count). The summed E-state index contributed by atoms with van der Waals surface area (Å²) in [5, 5.41) is 7.63. The highest BCUT2D eigenvalue weighted by molar-refractivity contribution is 5.95. The normalized spacial score (nSPS) is 16.3. The monoisotopic (exact) mass is 510 g/mol. The van der Waals surface area contributed by atoms with Gasteiger partial charge in [0.2, 0.25) is 11.8 Å². The van der Waals surface area contributed by atoms with Gasteiger partial charge in [0, 0.05) is 24.1 Å². The highest BCUT2D eigenvalue weighted by Gasteiger charge is 2.46. The molecule has 3 aromatic carbocycles. The predicted octanol–water partition coefficient (Wildman–Crippen LogP) is 5.91. The van der Waals surface area contributed by atoms with E-state index < -0.39 is 0 Å². The average molecular weight is 511 g/mol. The van der Waals surface area contributed by atoms with Crippen molar-refractivity contribution in [1.82, 2.24) is 14.7 Å². The van der Waals surface area contributed by atoms with Crippen molar-refractivity contribution < 1.29 is 14.0 Å². The summed E-state index contributed by atoms with van der Waals surface area (Å²) in [6.45, 7) is 4.52. The molecule has 0 radical (unpaired) electrons. The van der Waals surface area contributed by atoms with E-state index in [0.717, 1.165) is 17.5 Å². The van der Waals surface area contributed by atoms with Crippen molar-refractivity contribution >= 4 is 17.6 Å². The molecule has 0 saturated heterocycles. The maximum atomic E-state index is 13.6. The van der Waals surface area contributed by atoms with E-state index in [-0.39, 0.29) is 41.9 Å². The van der Waals surface area contributed by atoms with E-state index in [9.17, 15) is 14.0 Å². The molecule has 1 fully saturated rings. The largest absolute Gasteiger partial charge is 0.333 e. The van der Waals surface area contributed by atoms with Crippen LogP contribution in [0.15, 0.2) is 91.0 Å². The molecule has 1 aromatic heterocycles. The van der Waals surface area contributed by atoms with Crippen LogP contribution in [0.5, 0.6) is 0 Å². The molecule has 194 valence electrons. The molecular formula is C31H31FN4O2. The summed E-state index contributed by atoms with van der Waals surface area (Å²) in [6, 6.07) is 27.4. The molecule has 2 atom stereocenters. The molecule has 0 unspecified atom stereocenters. The molecule has 1 heterocycles. The van der Waals surface area contributed by atoms with Crippen LogP contribution in [0, 0.1) is 17.7 Å². The second-order valence-corrected chi connectivity index (χ2v) is 10.2. The predicted molar refractivity (Wildman–Crippen MR) is 146 cm³/mol. The molecule has 0 spiro atoms.